The van der Waals surface area contributed by atoms with Gasteiger partial charge in [-0.1, -0.05) is 149 Å². The standard InChI is InChI=1S/C63H77BN2S/c1-56(2,3)37-19-22-49-48(30-37)64-53-50(65(49)42-28-38(57(4,5)6)27-39(29-42)58(7,8)9)31-40(59(10,11)12)32-51(53)66(41-20-21-44-45(33-41)61(15,16)24-23-60(44,13)14)54-43-34-46-47(35-52(43)67-55(54)64)63(18)26-25-62(46,17)36-63/h19-22,27-35H,23-26,36H2,1-18H3. The Morgan fingerprint density at radius 3 is 1.58 bits per heavy atom. The zero-order chi connectivity index (χ0) is 48.1. The van der Waals surface area contributed by atoms with E-state index in [1.807, 2.05) is 0 Å². The first-order valence-corrected chi connectivity index (χ1v) is 26.6. The molecule has 0 spiro atoms. The molecule has 1 aromatic heterocycles. The summed E-state index contributed by atoms with van der Waals surface area (Å²) < 4.78 is 2.93. The Kier molecular flexibility index (Phi) is 9.26. The first-order chi connectivity index (χ1) is 30.9. The van der Waals surface area contributed by atoms with Crippen LogP contribution in [-0.2, 0) is 43.3 Å². The molecule has 5 aliphatic rings. The molecule has 2 unspecified atom stereocenters. The third kappa shape index (κ3) is 6.67. The van der Waals surface area contributed by atoms with Crippen LogP contribution in [0.15, 0.2) is 78.9 Å². The summed E-state index contributed by atoms with van der Waals surface area (Å²) in [5, 5.41) is 1.44. The Balaban J connectivity index is 1.30. The van der Waals surface area contributed by atoms with Crippen LogP contribution >= 0.6 is 11.3 Å². The minimum absolute atomic E-state index is 0.0109. The van der Waals surface area contributed by atoms with Crippen molar-refractivity contribution >= 4 is 78.0 Å². The van der Waals surface area contributed by atoms with Gasteiger partial charge in [0.05, 0.1) is 5.69 Å². The quantitative estimate of drug-likeness (QED) is 0.160. The van der Waals surface area contributed by atoms with Crippen LogP contribution in [0.1, 0.15) is 201 Å². The summed E-state index contributed by atoms with van der Waals surface area (Å²) in [5.41, 5.74) is 23.1. The summed E-state index contributed by atoms with van der Waals surface area (Å²) in [5.74, 6) is 0. The van der Waals surface area contributed by atoms with E-state index in [2.05, 4.69) is 225 Å². The molecule has 2 bridgehead atoms. The van der Waals surface area contributed by atoms with Gasteiger partial charge in [0.2, 0.25) is 0 Å². The second kappa shape index (κ2) is 13.7. The highest BCUT2D eigenvalue weighted by Crippen LogP contribution is 2.62. The lowest BCUT2D eigenvalue weighted by Gasteiger charge is -2.46. The van der Waals surface area contributed by atoms with Crippen molar-refractivity contribution in [3.63, 3.8) is 0 Å². The van der Waals surface area contributed by atoms with Gasteiger partial charge in [-0.15, -0.1) is 11.3 Å². The molecule has 6 aromatic rings. The molecule has 1 fully saturated rings. The SMILES string of the molecule is CC(C)(C)c1cc(N2c3ccc(C(C)(C)C)cc3B3c4sc5cc6c(cc5c4N(c4ccc5c(c4)C(C)(C)CCC5(C)C)c4cc(C(C)(C)C)cc2c43)C2(C)CCC6(C)C2)cc(C(C)(C)C)c1. The van der Waals surface area contributed by atoms with E-state index in [-0.39, 0.29) is 50.0 Å². The number of hydrogen-bond donors (Lipinski definition) is 0. The predicted molar refractivity (Wildman–Crippen MR) is 294 cm³/mol. The van der Waals surface area contributed by atoms with Crippen molar-refractivity contribution < 1.29 is 0 Å². The van der Waals surface area contributed by atoms with Crippen molar-refractivity contribution in [3.8, 4) is 0 Å². The highest BCUT2D eigenvalue weighted by Gasteiger charge is 2.54. The average molecular weight is 905 g/mol. The molecule has 4 heteroatoms. The molecular formula is C63H77BN2S. The van der Waals surface area contributed by atoms with Crippen LogP contribution in [0.2, 0.25) is 0 Å². The van der Waals surface area contributed by atoms with E-state index in [1.54, 1.807) is 11.1 Å². The highest BCUT2D eigenvalue weighted by molar-refractivity contribution is 7.33. The van der Waals surface area contributed by atoms with E-state index < -0.39 is 0 Å². The Morgan fingerprint density at radius 1 is 0.463 bits per heavy atom. The molecule has 1 saturated carbocycles. The van der Waals surface area contributed by atoms with Gasteiger partial charge in [0, 0.05) is 43.3 Å². The van der Waals surface area contributed by atoms with Crippen molar-refractivity contribution in [2.75, 3.05) is 9.80 Å². The Bertz CT molecular complexity index is 3060. The first-order valence-electron chi connectivity index (χ1n) is 25.8. The van der Waals surface area contributed by atoms with E-state index in [0.29, 0.717) is 0 Å². The Morgan fingerprint density at radius 2 is 1.00 bits per heavy atom. The number of anilines is 6. The Hall–Kier alpha value is -4.28. The minimum Gasteiger partial charge on any atom is -0.311 e. The lowest BCUT2D eigenvalue weighted by atomic mass is 9.36. The van der Waals surface area contributed by atoms with Gasteiger partial charge in [-0.05, 0) is 185 Å². The van der Waals surface area contributed by atoms with Gasteiger partial charge in [0.15, 0.2) is 0 Å². The van der Waals surface area contributed by atoms with E-state index in [4.69, 9.17) is 0 Å². The number of hydrogen-bond acceptors (Lipinski definition) is 3. The maximum atomic E-state index is 2.78. The van der Waals surface area contributed by atoms with Gasteiger partial charge in [-0.25, -0.2) is 0 Å². The van der Waals surface area contributed by atoms with E-state index in [9.17, 15) is 0 Å². The summed E-state index contributed by atoms with van der Waals surface area (Å²) in [6, 6.07) is 33.3. The molecule has 0 radical (unpaired) electrons. The van der Waals surface area contributed by atoms with E-state index in [1.165, 1.54) is 125 Å². The van der Waals surface area contributed by atoms with Gasteiger partial charge in [0.25, 0.3) is 6.71 Å². The summed E-state index contributed by atoms with van der Waals surface area (Å²) in [7, 11) is 0. The van der Waals surface area contributed by atoms with E-state index >= 15 is 0 Å². The lowest BCUT2D eigenvalue weighted by Crippen LogP contribution is -2.60. The second-order valence-corrected chi connectivity index (χ2v) is 29.2. The van der Waals surface area contributed by atoms with Crippen LogP contribution in [0.5, 0.6) is 0 Å². The number of benzene rings is 5. The first kappa shape index (κ1) is 45.2. The summed E-state index contributed by atoms with van der Waals surface area (Å²) in [4.78, 5) is 5.48. The topological polar surface area (TPSA) is 6.48 Å². The monoisotopic (exact) mass is 905 g/mol. The normalized spacial score (nSPS) is 22.4. The maximum absolute atomic E-state index is 2.78. The number of thiophene rings is 1. The zero-order valence-corrected chi connectivity index (χ0v) is 45.2. The maximum Gasteiger partial charge on any atom is 0.264 e. The predicted octanol–water partition coefficient (Wildman–Crippen LogP) is 16.2. The minimum atomic E-state index is -0.0957. The van der Waals surface area contributed by atoms with Gasteiger partial charge in [-0.3, -0.25) is 0 Å². The molecule has 0 amide bonds. The molecule has 3 aliphatic carbocycles. The molecule has 11 rings (SSSR count). The lowest BCUT2D eigenvalue weighted by molar-refractivity contribution is 0.332. The van der Waals surface area contributed by atoms with Crippen molar-refractivity contribution in [2.24, 2.45) is 0 Å². The van der Waals surface area contributed by atoms with Crippen LogP contribution in [0.4, 0.5) is 34.1 Å². The van der Waals surface area contributed by atoms with Crippen LogP contribution in [0.25, 0.3) is 10.1 Å². The molecule has 2 aliphatic heterocycles. The third-order valence-electron chi connectivity index (χ3n) is 17.8. The van der Waals surface area contributed by atoms with Gasteiger partial charge in [-0.2, -0.15) is 0 Å². The van der Waals surface area contributed by atoms with Crippen LogP contribution in [0, 0.1) is 0 Å². The van der Waals surface area contributed by atoms with Gasteiger partial charge in [0.1, 0.15) is 0 Å². The largest absolute Gasteiger partial charge is 0.311 e. The van der Waals surface area contributed by atoms with Gasteiger partial charge >= 0.3 is 0 Å². The molecule has 348 valence electrons. The fourth-order valence-electron chi connectivity index (χ4n) is 13.3. The fraction of sp³-hybridized carbons (Fsp3) is 0.492. The third-order valence-corrected chi connectivity index (χ3v) is 19.1. The number of nitrogens with zero attached hydrogens (tertiary/aromatic N) is 2. The molecule has 0 saturated heterocycles. The molecule has 3 heterocycles. The second-order valence-electron chi connectivity index (χ2n) is 28.1. The van der Waals surface area contributed by atoms with Crippen molar-refractivity contribution in [1.29, 1.82) is 0 Å². The summed E-state index contributed by atoms with van der Waals surface area (Å²) in [6.45, 7) is 43.8. The summed E-state index contributed by atoms with van der Waals surface area (Å²) in [6.07, 6.45) is 6.24. The highest BCUT2D eigenvalue weighted by atomic mass is 32.1. The zero-order valence-electron chi connectivity index (χ0n) is 44.4. The van der Waals surface area contributed by atoms with Crippen molar-refractivity contribution in [1.82, 2.24) is 0 Å². The molecule has 67 heavy (non-hydrogen) atoms. The summed E-state index contributed by atoms with van der Waals surface area (Å²) >= 11 is 2.09. The van der Waals surface area contributed by atoms with E-state index in [0.717, 1.165) is 0 Å². The molecular weight excluding hydrogens is 828 g/mol. The molecule has 2 nitrogen and oxygen atoms in total. The smallest absolute Gasteiger partial charge is 0.264 e. The van der Waals surface area contributed by atoms with Crippen LogP contribution in [-0.4, -0.2) is 6.71 Å². The fourth-order valence-corrected chi connectivity index (χ4v) is 14.7. The Labute approximate surface area is 409 Å². The van der Waals surface area contributed by atoms with Crippen LogP contribution in [0.3, 0.4) is 0 Å². The molecule has 0 N–H and O–H groups in total. The number of rotatable bonds is 2. The number of fused-ring (bicyclic) bond motifs is 12. The molecule has 2 atom stereocenters. The van der Waals surface area contributed by atoms with Gasteiger partial charge < -0.3 is 9.80 Å². The molecule has 5 aromatic carbocycles. The van der Waals surface area contributed by atoms with Crippen molar-refractivity contribution in [3.05, 3.63) is 123 Å². The van der Waals surface area contributed by atoms with Crippen LogP contribution < -0.4 is 25.5 Å². The average Bonchev–Trinajstić information content (AvgIpc) is 3.83. The van der Waals surface area contributed by atoms with Crippen molar-refractivity contribution in [2.45, 2.75) is 200 Å².